The third kappa shape index (κ3) is 3.48. The Hall–Kier alpha value is -1.10. The van der Waals surface area contributed by atoms with Gasteiger partial charge in [-0.05, 0) is 32.2 Å². The Bertz CT molecular complexity index is 264. The Labute approximate surface area is 95.8 Å². The maximum Gasteiger partial charge on any atom is 0.321 e. The summed E-state index contributed by atoms with van der Waals surface area (Å²) in [4.78, 5) is 24.3. The van der Waals surface area contributed by atoms with Crippen molar-refractivity contribution in [2.75, 3.05) is 19.6 Å². The van der Waals surface area contributed by atoms with Crippen LogP contribution in [0, 0.1) is 5.92 Å². The summed E-state index contributed by atoms with van der Waals surface area (Å²) in [6, 6.07) is -0.493. The first-order valence-corrected chi connectivity index (χ1v) is 5.83. The van der Waals surface area contributed by atoms with Gasteiger partial charge >= 0.3 is 5.97 Å². The molecule has 0 aliphatic heterocycles. The summed E-state index contributed by atoms with van der Waals surface area (Å²) in [6.45, 7) is 5.08. The van der Waals surface area contributed by atoms with Gasteiger partial charge in [-0.2, -0.15) is 0 Å². The number of carboxylic acids is 1. The van der Waals surface area contributed by atoms with Gasteiger partial charge in [0.15, 0.2) is 0 Å². The van der Waals surface area contributed by atoms with Crippen LogP contribution < -0.4 is 5.32 Å². The van der Waals surface area contributed by atoms with Gasteiger partial charge in [-0.1, -0.05) is 6.92 Å². The summed E-state index contributed by atoms with van der Waals surface area (Å²) in [7, 11) is 0. The van der Waals surface area contributed by atoms with Crippen molar-refractivity contribution in [2.45, 2.75) is 32.7 Å². The second kappa shape index (κ2) is 5.84. The van der Waals surface area contributed by atoms with Crippen LogP contribution in [0.5, 0.6) is 0 Å². The van der Waals surface area contributed by atoms with E-state index in [-0.39, 0.29) is 18.4 Å². The number of nitrogens with one attached hydrogen (secondary N) is 1. The van der Waals surface area contributed by atoms with Gasteiger partial charge in [0, 0.05) is 6.54 Å². The zero-order chi connectivity index (χ0) is 12.1. The van der Waals surface area contributed by atoms with Crippen LogP contribution in [-0.4, -0.2) is 47.6 Å². The lowest BCUT2D eigenvalue weighted by Gasteiger charge is -2.26. The smallest absolute Gasteiger partial charge is 0.321 e. The molecule has 5 heteroatoms. The molecule has 1 fully saturated rings. The summed E-state index contributed by atoms with van der Waals surface area (Å²) >= 11 is 0. The number of nitrogens with zero attached hydrogens (tertiary/aromatic N) is 1. The van der Waals surface area contributed by atoms with Gasteiger partial charge in [0.1, 0.15) is 6.04 Å². The summed E-state index contributed by atoms with van der Waals surface area (Å²) in [5.74, 6) is -0.684. The van der Waals surface area contributed by atoms with Crippen molar-refractivity contribution >= 4 is 11.9 Å². The van der Waals surface area contributed by atoms with E-state index >= 15 is 0 Å². The van der Waals surface area contributed by atoms with Gasteiger partial charge in [0.25, 0.3) is 0 Å². The number of likely N-dealkylation sites (N-methyl/N-ethyl adjacent to an activating group) is 2. The molecule has 16 heavy (non-hydrogen) atoms. The van der Waals surface area contributed by atoms with E-state index in [1.54, 1.807) is 4.90 Å². The molecule has 1 amide bonds. The van der Waals surface area contributed by atoms with E-state index in [1.807, 2.05) is 13.8 Å². The van der Waals surface area contributed by atoms with E-state index in [0.717, 1.165) is 12.8 Å². The third-order valence-corrected chi connectivity index (χ3v) is 2.84. The van der Waals surface area contributed by atoms with Gasteiger partial charge in [-0.3, -0.25) is 14.5 Å². The Kier molecular flexibility index (Phi) is 4.73. The van der Waals surface area contributed by atoms with E-state index in [0.29, 0.717) is 13.1 Å². The first-order chi connectivity index (χ1) is 7.60. The molecule has 0 aromatic carbocycles. The van der Waals surface area contributed by atoms with Crippen LogP contribution in [0.3, 0.4) is 0 Å². The summed E-state index contributed by atoms with van der Waals surface area (Å²) in [6.07, 6.45) is 1.92. The fourth-order valence-electron chi connectivity index (χ4n) is 1.91. The molecule has 1 saturated carbocycles. The largest absolute Gasteiger partial charge is 0.480 e. The number of hydrogen-bond donors (Lipinski definition) is 2. The molecule has 0 radical (unpaired) electrons. The van der Waals surface area contributed by atoms with Crippen molar-refractivity contribution in [1.82, 2.24) is 10.2 Å². The first kappa shape index (κ1) is 13.0. The minimum Gasteiger partial charge on any atom is -0.480 e. The van der Waals surface area contributed by atoms with Crippen LogP contribution in [0.4, 0.5) is 0 Å². The standard InChI is InChI=1S/C11H20N2O3/c1-3-12-9(14)7-13(4-2)10(11(15)16)8-5-6-8/h8,10H,3-7H2,1-2H3,(H,12,14)(H,15,16). The molecule has 1 aliphatic rings. The fourth-order valence-corrected chi connectivity index (χ4v) is 1.91. The minimum atomic E-state index is -0.811. The molecular weight excluding hydrogens is 208 g/mol. The molecule has 1 atom stereocenters. The molecule has 0 aromatic rings. The van der Waals surface area contributed by atoms with Crippen LogP contribution in [0.1, 0.15) is 26.7 Å². The number of amides is 1. The number of carboxylic acid groups (broad SMARTS) is 1. The SMILES string of the molecule is CCNC(=O)CN(CC)C(C(=O)O)C1CC1. The van der Waals surface area contributed by atoms with Crippen molar-refractivity contribution in [1.29, 1.82) is 0 Å². The lowest BCUT2D eigenvalue weighted by molar-refractivity contribution is -0.144. The fraction of sp³-hybridized carbons (Fsp3) is 0.818. The summed E-state index contributed by atoms with van der Waals surface area (Å²) < 4.78 is 0. The highest BCUT2D eigenvalue weighted by molar-refractivity contribution is 5.80. The molecule has 1 unspecified atom stereocenters. The predicted octanol–water partition coefficient (Wildman–Crippen LogP) is 0.308. The van der Waals surface area contributed by atoms with E-state index in [4.69, 9.17) is 5.11 Å². The van der Waals surface area contributed by atoms with Crippen molar-refractivity contribution < 1.29 is 14.7 Å². The Morgan fingerprint density at radius 1 is 1.44 bits per heavy atom. The highest BCUT2D eigenvalue weighted by Gasteiger charge is 2.40. The van der Waals surface area contributed by atoms with E-state index in [9.17, 15) is 9.59 Å². The van der Waals surface area contributed by atoms with Crippen molar-refractivity contribution in [3.8, 4) is 0 Å². The number of hydrogen-bond acceptors (Lipinski definition) is 3. The molecular formula is C11H20N2O3. The monoisotopic (exact) mass is 228 g/mol. The first-order valence-electron chi connectivity index (χ1n) is 5.83. The molecule has 0 bridgehead atoms. The zero-order valence-electron chi connectivity index (χ0n) is 9.90. The third-order valence-electron chi connectivity index (χ3n) is 2.84. The predicted molar refractivity (Wildman–Crippen MR) is 60.1 cm³/mol. The van der Waals surface area contributed by atoms with Crippen molar-refractivity contribution in [2.24, 2.45) is 5.92 Å². The maximum atomic E-state index is 11.4. The maximum absolute atomic E-state index is 11.4. The van der Waals surface area contributed by atoms with Gasteiger partial charge in [0.2, 0.25) is 5.91 Å². The Balaban J connectivity index is 2.56. The molecule has 1 aliphatic carbocycles. The van der Waals surface area contributed by atoms with Crippen molar-refractivity contribution in [3.05, 3.63) is 0 Å². The molecule has 92 valence electrons. The second-order valence-corrected chi connectivity index (χ2v) is 4.14. The lowest BCUT2D eigenvalue weighted by atomic mass is 10.1. The molecule has 2 N–H and O–H groups in total. The minimum absolute atomic E-state index is 0.101. The van der Waals surface area contributed by atoms with Gasteiger partial charge in [-0.15, -0.1) is 0 Å². The molecule has 0 spiro atoms. The van der Waals surface area contributed by atoms with E-state index in [1.165, 1.54) is 0 Å². The molecule has 0 aromatic heterocycles. The lowest BCUT2D eigenvalue weighted by Crippen LogP contribution is -2.47. The number of rotatable bonds is 7. The topological polar surface area (TPSA) is 69.6 Å². The number of carbonyl (C=O) groups is 2. The normalized spacial score (nSPS) is 17.2. The second-order valence-electron chi connectivity index (χ2n) is 4.14. The quantitative estimate of drug-likeness (QED) is 0.658. The van der Waals surface area contributed by atoms with Crippen LogP contribution in [0.2, 0.25) is 0 Å². The zero-order valence-corrected chi connectivity index (χ0v) is 9.90. The summed E-state index contributed by atoms with van der Waals surface area (Å²) in [5, 5.41) is 11.8. The molecule has 0 heterocycles. The average molecular weight is 228 g/mol. The Morgan fingerprint density at radius 3 is 2.44 bits per heavy atom. The highest BCUT2D eigenvalue weighted by atomic mass is 16.4. The molecule has 1 rings (SSSR count). The highest BCUT2D eigenvalue weighted by Crippen LogP contribution is 2.35. The molecule has 5 nitrogen and oxygen atoms in total. The van der Waals surface area contributed by atoms with E-state index < -0.39 is 12.0 Å². The summed E-state index contributed by atoms with van der Waals surface area (Å²) in [5.41, 5.74) is 0. The van der Waals surface area contributed by atoms with E-state index in [2.05, 4.69) is 5.32 Å². The Morgan fingerprint density at radius 2 is 2.06 bits per heavy atom. The van der Waals surface area contributed by atoms with Crippen LogP contribution in [0.25, 0.3) is 0 Å². The molecule has 0 saturated heterocycles. The average Bonchev–Trinajstić information content (AvgIpc) is 3.00. The van der Waals surface area contributed by atoms with Crippen LogP contribution in [-0.2, 0) is 9.59 Å². The number of carbonyl (C=O) groups excluding carboxylic acids is 1. The van der Waals surface area contributed by atoms with Gasteiger partial charge in [0.05, 0.1) is 6.54 Å². The van der Waals surface area contributed by atoms with Crippen LogP contribution >= 0.6 is 0 Å². The van der Waals surface area contributed by atoms with Crippen molar-refractivity contribution in [3.63, 3.8) is 0 Å². The van der Waals surface area contributed by atoms with Crippen LogP contribution in [0.15, 0.2) is 0 Å². The van der Waals surface area contributed by atoms with Gasteiger partial charge < -0.3 is 10.4 Å². The number of aliphatic carboxylic acids is 1. The van der Waals surface area contributed by atoms with Gasteiger partial charge in [-0.25, -0.2) is 0 Å².